The number of hydrogen-bond donors (Lipinski definition) is 1. The third kappa shape index (κ3) is 6.46. The van der Waals surface area contributed by atoms with Gasteiger partial charge in [0.15, 0.2) is 0 Å². The molecule has 1 heterocycles. The van der Waals surface area contributed by atoms with Gasteiger partial charge in [-0.2, -0.15) is 0 Å². The Kier molecular flexibility index (Phi) is 7.81. The van der Waals surface area contributed by atoms with E-state index in [1.54, 1.807) is 0 Å². The molecule has 0 aromatic carbocycles. The Labute approximate surface area is 99.8 Å². The summed E-state index contributed by atoms with van der Waals surface area (Å²) in [5.74, 6) is 0. The molecule has 0 aromatic rings. The second-order valence-electron chi connectivity index (χ2n) is 4.80. The SMILES string of the molecule is CCCCCOCC(O)CN1CCCCC1. The van der Waals surface area contributed by atoms with E-state index in [0.717, 1.165) is 32.7 Å². The number of β-amino-alcohol motifs (C(OH)–C–C–N with tert-alkyl or cyclic N) is 1. The molecular formula is C13H27NO2. The van der Waals surface area contributed by atoms with Crippen LogP contribution in [0.15, 0.2) is 0 Å². The molecule has 3 nitrogen and oxygen atoms in total. The Morgan fingerprint density at radius 1 is 1.19 bits per heavy atom. The van der Waals surface area contributed by atoms with Crippen LogP contribution in [0.5, 0.6) is 0 Å². The van der Waals surface area contributed by atoms with E-state index in [9.17, 15) is 5.11 Å². The summed E-state index contributed by atoms with van der Waals surface area (Å²) in [6.07, 6.45) is 7.17. The summed E-state index contributed by atoms with van der Waals surface area (Å²) >= 11 is 0. The van der Waals surface area contributed by atoms with Crippen LogP contribution >= 0.6 is 0 Å². The minimum Gasteiger partial charge on any atom is -0.389 e. The van der Waals surface area contributed by atoms with E-state index < -0.39 is 0 Å². The van der Waals surface area contributed by atoms with Crippen LogP contribution in [0.3, 0.4) is 0 Å². The van der Waals surface area contributed by atoms with Crippen LogP contribution in [-0.4, -0.2) is 49.0 Å². The Morgan fingerprint density at radius 3 is 2.62 bits per heavy atom. The maximum Gasteiger partial charge on any atom is 0.0900 e. The molecule has 0 aromatic heterocycles. The Bertz CT molecular complexity index is 158. The van der Waals surface area contributed by atoms with E-state index in [-0.39, 0.29) is 6.10 Å². The van der Waals surface area contributed by atoms with E-state index in [1.807, 2.05) is 0 Å². The first kappa shape index (κ1) is 13.9. The number of ether oxygens (including phenoxy) is 1. The fraction of sp³-hybridized carbons (Fsp3) is 1.00. The first-order valence-corrected chi connectivity index (χ1v) is 6.81. The largest absolute Gasteiger partial charge is 0.389 e. The number of unbranched alkanes of at least 4 members (excludes halogenated alkanes) is 2. The zero-order valence-corrected chi connectivity index (χ0v) is 10.7. The summed E-state index contributed by atoms with van der Waals surface area (Å²) in [5, 5.41) is 9.79. The molecule has 0 spiro atoms. The highest BCUT2D eigenvalue weighted by molar-refractivity contribution is 4.68. The number of likely N-dealkylation sites (tertiary alicyclic amines) is 1. The quantitative estimate of drug-likeness (QED) is 0.647. The highest BCUT2D eigenvalue weighted by Crippen LogP contribution is 2.09. The molecule has 1 aliphatic rings. The number of rotatable bonds is 8. The molecule has 0 saturated carbocycles. The van der Waals surface area contributed by atoms with Crippen molar-refractivity contribution in [2.75, 3.05) is 32.8 Å². The molecule has 1 atom stereocenters. The Morgan fingerprint density at radius 2 is 1.94 bits per heavy atom. The predicted molar refractivity (Wildman–Crippen MR) is 66.6 cm³/mol. The lowest BCUT2D eigenvalue weighted by Crippen LogP contribution is -2.38. The summed E-state index contributed by atoms with van der Waals surface area (Å²) < 4.78 is 5.46. The molecule has 1 rings (SSSR count). The summed E-state index contributed by atoms with van der Waals surface area (Å²) in [6.45, 7) is 6.56. The Balaban J connectivity index is 1.95. The van der Waals surface area contributed by atoms with Gasteiger partial charge in [0.1, 0.15) is 0 Å². The number of aliphatic hydroxyl groups is 1. The van der Waals surface area contributed by atoms with Crippen molar-refractivity contribution >= 4 is 0 Å². The van der Waals surface area contributed by atoms with Gasteiger partial charge in [0.05, 0.1) is 12.7 Å². The van der Waals surface area contributed by atoms with Gasteiger partial charge < -0.3 is 14.7 Å². The van der Waals surface area contributed by atoms with Crippen molar-refractivity contribution < 1.29 is 9.84 Å². The molecule has 0 aliphatic carbocycles. The van der Waals surface area contributed by atoms with E-state index in [0.29, 0.717) is 6.61 Å². The predicted octanol–water partition coefficient (Wildman–Crippen LogP) is 2.04. The van der Waals surface area contributed by atoms with E-state index in [4.69, 9.17) is 4.74 Å². The third-order valence-corrected chi connectivity index (χ3v) is 3.12. The van der Waals surface area contributed by atoms with Crippen molar-refractivity contribution in [3.05, 3.63) is 0 Å². The highest BCUT2D eigenvalue weighted by atomic mass is 16.5. The van der Waals surface area contributed by atoms with Crippen molar-refractivity contribution in [1.29, 1.82) is 0 Å². The first-order valence-electron chi connectivity index (χ1n) is 6.81. The molecule has 1 aliphatic heterocycles. The fourth-order valence-electron chi connectivity index (χ4n) is 2.17. The zero-order chi connectivity index (χ0) is 11.6. The van der Waals surface area contributed by atoms with Crippen molar-refractivity contribution in [2.45, 2.75) is 51.6 Å². The van der Waals surface area contributed by atoms with Gasteiger partial charge in [-0.15, -0.1) is 0 Å². The molecule has 16 heavy (non-hydrogen) atoms. The standard InChI is InChI=1S/C13H27NO2/c1-2-3-7-10-16-12-13(15)11-14-8-5-4-6-9-14/h13,15H,2-12H2,1H3. The molecular weight excluding hydrogens is 202 g/mol. The molecule has 1 saturated heterocycles. The van der Waals surface area contributed by atoms with Crippen LogP contribution < -0.4 is 0 Å². The lowest BCUT2D eigenvalue weighted by Gasteiger charge is -2.28. The van der Waals surface area contributed by atoms with Gasteiger partial charge in [0, 0.05) is 13.2 Å². The number of hydrogen-bond acceptors (Lipinski definition) is 3. The van der Waals surface area contributed by atoms with Crippen LogP contribution in [0.25, 0.3) is 0 Å². The van der Waals surface area contributed by atoms with Crippen LogP contribution in [0.1, 0.15) is 45.4 Å². The van der Waals surface area contributed by atoms with Crippen molar-refractivity contribution in [3.63, 3.8) is 0 Å². The molecule has 96 valence electrons. The zero-order valence-electron chi connectivity index (χ0n) is 10.7. The smallest absolute Gasteiger partial charge is 0.0900 e. The van der Waals surface area contributed by atoms with Crippen molar-refractivity contribution in [2.24, 2.45) is 0 Å². The van der Waals surface area contributed by atoms with Crippen molar-refractivity contribution in [3.8, 4) is 0 Å². The minimum absolute atomic E-state index is 0.306. The van der Waals surface area contributed by atoms with Crippen LogP contribution in [0.2, 0.25) is 0 Å². The van der Waals surface area contributed by atoms with Crippen molar-refractivity contribution in [1.82, 2.24) is 4.90 Å². The minimum atomic E-state index is -0.306. The Hall–Kier alpha value is -0.120. The summed E-state index contributed by atoms with van der Waals surface area (Å²) in [4.78, 5) is 2.35. The maximum atomic E-state index is 9.79. The molecule has 1 fully saturated rings. The van der Waals surface area contributed by atoms with Gasteiger partial charge in [-0.1, -0.05) is 26.2 Å². The highest BCUT2D eigenvalue weighted by Gasteiger charge is 2.14. The topological polar surface area (TPSA) is 32.7 Å². The first-order chi connectivity index (χ1) is 7.83. The van der Waals surface area contributed by atoms with E-state index >= 15 is 0 Å². The van der Waals surface area contributed by atoms with Crippen LogP contribution in [-0.2, 0) is 4.74 Å². The van der Waals surface area contributed by atoms with Gasteiger partial charge in [-0.05, 0) is 32.4 Å². The molecule has 1 unspecified atom stereocenters. The number of piperidine rings is 1. The second kappa shape index (κ2) is 8.97. The molecule has 0 amide bonds. The number of nitrogens with zero attached hydrogens (tertiary/aromatic N) is 1. The molecule has 0 radical (unpaired) electrons. The van der Waals surface area contributed by atoms with Gasteiger partial charge in [-0.3, -0.25) is 0 Å². The van der Waals surface area contributed by atoms with Gasteiger partial charge in [0.25, 0.3) is 0 Å². The van der Waals surface area contributed by atoms with Crippen LogP contribution in [0, 0.1) is 0 Å². The van der Waals surface area contributed by atoms with E-state index in [1.165, 1.54) is 32.1 Å². The maximum absolute atomic E-state index is 9.79. The van der Waals surface area contributed by atoms with Gasteiger partial charge in [0.2, 0.25) is 0 Å². The third-order valence-electron chi connectivity index (χ3n) is 3.12. The normalized spacial score (nSPS) is 19.9. The molecule has 3 heteroatoms. The number of aliphatic hydroxyl groups excluding tert-OH is 1. The lowest BCUT2D eigenvalue weighted by atomic mass is 10.1. The molecule has 1 N–H and O–H groups in total. The van der Waals surface area contributed by atoms with E-state index in [2.05, 4.69) is 11.8 Å². The second-order valence-corrected chi connectivity index (χ2v) is 4.80. The van der Waals surface area contributed by atoms with Gasteiger partial charge >= 0.3 is 0 Å². The average Bonchev–Trinajstić information content (AvgIpc) is 2.30. The lowest BCUT2D eigenvalue weighted by molar-refractivity contribution is 0.0126. The fourth-order valence-corrected chi connectivity index (χ4v) is 2.17. The summed E-state index contributed by atoms with van der Waals surface area (Å²) in [7, 11) is 0. The van der Waals surface area contributed by atoms with Crippen LogP contribution in [0.4, 0.5) is 0 Å². The summed E-state index contributed by atoms with van der Waals surface area (Å²) in [5.41, 5.74) is 0. The van der Waals surface area contributed by atoms with Gasteiger partial charge in [-0.25, -0.2) is 0 Å². The summed E-state index contributed by atoms with van der Waals surface area (Å²) in [6, 6.07) is 0. The average molecular weight is 229 g/mol. The molecule has 0 bridgehead atoms. The monoisotopic (exact) mass is 229 g/mol.